The van der Waals surface area contributed by atoms with E-state index in [-0.39, 0.29) is 9.45 Å². The average Bonchev–Trinajstić information content (AvgIpc) is 2.28. The van der Waals surface area contributed by atoms with Crippen LogP contribution in [-0.2, 0) is 25.4 Å². The van der Waals surface area contributed by atoms with E-state index in [1.54, 1.807) is 13.0 Å². The summed E-state index contributed by atoms with van der Waals surface area (Å²) < 4.78 is 5.21. The zero-order valence-electron chi connectivity index (χ0n) is 9.30. The molecule has 0 spiro atoms. The Morgan fingerprint density at radius 1 is 1.56 bits per heavy atom. The summed E-state index contributed by atoms with van der Waals surface area (Å²) in [6, 6.07) is 6.72. The minimum atomic E-state index is -0.624. The van der Waals surface area contributed by atoms with Crippen molar-refractivity contribution in [1.82, 2.24) is 0 Å². The standard InChI is InChI=1S/C11H15NO2S2/c1-3-16(15)10-7-5-4-6-9(10)14-11(13)8(2)12/h4-8H,3,12H2,1-2H3/t8-,16?/m0/s1. The topological polar surface area (TPSA) is 52.3 Å². The van der Waals surface area contributed by atoms with E-state index in [2.05, 4.69) is 0 Å². The van der Waals surface area contributed by atoms with Gasteiger partial charge in [-0.15, -0.1) is 0 Å². The quantitative estimate of drug-likeness (QED) is 0.654. The molecule has 1 unspecified atom stereocenters. The predicted molar refractivity (Wildman–Crippen MR) is 69.3 cm³/mol. The van der Waals surface area contributed by atoms with E-state index in [0.717, 1.165) is 10.6 Å². The second-order valence-electron chi connectivity index (χ2n) is 3.29. The molecule has 0 radical (unpaired) electrons. The molecule has 3 nitrogen and oxygen atoms in total. The van der Waals surface area contributed by atoms with Gasteiger partial charge in [0.1, 0.15) is 11.8 Å². The van der Waals surface area contributed by atoms with Crippen LogP contribution in [0.25, 0.3) is 0 Å². The van der Waals surface area contributed by atoms with Crippen molar-refractivity contribution in [2.24, 2.45) is 5.73 Å². The average molecular weight is 257 g/mol. The third kappa shape index (κ3) is 3.37. The number of hydrogen-bond donors (Lipinski definition) is 1. The first kappa shape index (κ1) is 13.3. The number of carbonyl (C=O) groups is 1. The number of carbonyl (C=O) groups excluding carboxylic acids is 1. The highest BCUT2D eigenvalue weighted by Crippen LogP contribution is 2.22. The SMILES string of the molecule is CCS(=S)c1ccccc1OC(=O)[C@H](C)N. The molecule has 0 aliphatic rings. The summed E-state index contributed by atoms with van der Waals surface area (Å²) in [4.78, 5) is 12.3. The highest BCUT2D eigenvalue weighted by molar-refractivity contribution is 8.28. The highest BCUT2D eigenvalue weighted by Gasteiger charge is 2.13. The van der Waals surface area contributed by atoms with Crippen molar-refractivity contribution >= 4 is 26.6 Å². The molecule has 0 aliphatic carbocycles. The molecule has 0 fully saturated rings. The molecule has 0 aromatic heterocycles. The van der Waals surface area contributed by atoms with Gasteiger partial charge in [0.2, 0.25) is 0 Å². The van der Waals surface area contributed by atoms with Crippen LogP contribution in [0.1, 0.15) is 13.8 Å². The molecule has 16 heavy (non-hydrogen) atoms. The fourth-order valence-electron chi connectivity index (χ4n) is 1.08. The number of nitrogens with two attached hydrogens (primary N) is 1. The van der Waals surface area contributed by atoms with Gasteiger partial charge in [-0.05, 0) is 36.0 Å². The lowest BCUT2D eigenvalue weighted by molar-refractivity contribution is -0.135. The van der Waals surface area contributed by atoms with E-state index >= 15 is 0 Å². The summed E-state index contributed by atoms with van der Waals surface area (Å²) in [5, 5.41) is 0. The smallest absolute Gasteiger partial charge is 0.328 e. The van der Waals surface area contributed by atoms with Crippen molar-refractivity contribution in [3.05, 3.63) is 24.3 Å². The number of hydrogen-bond acceptors (Lipinski definition) is 4. The van der Waals surface area contributed by atoms with Crippen LogP contribution in [0.2, 0.25) is 0 Å². The number of rotatable bonds is 4. The Kier molecular flexibility index (Phi) is 5.05. The molecule has 2 N–H and O–H groups in total. The van der Waals surface area contributed by atoms with E-state index in [1.807, 2.05) is 25.1 Å². The van der Waals surface area contributed by atoms with Gasteiger partial charge in [-0.3, -0.25) is 0 Å². The van der Waals surface area contributed by atoms with Gasteiger partial charge < -0.3 is 10.5 Å². The molecule has 2 atom stereocenters. The van der Waals surface area contributed by atoms with Crippen LogP contribution < -0.4 is 10.5 Å². The van der Waals surface area contributed by atoms with Gasteiger partial charge in [-0.2, -0.15) is 0 Å². The van der Waals surface area contributed by atoms with Crippen LogP contribution in [0.4, 0.5) is 0 Å². The van der Waals surface area contributed by atoms with Crippen molar-refractivity contribution in [3.63, 3.8) is 0 Å². The Bertz CT molecular complexity index is 405. The Morgan fingerprint density at radius 3 is 2.75 bits per heavy atom. The van der Waals surface area contributed by atoms with E-state index in [9.17, 15) is 4.79 Å². The monoisotopic (exact) mass is 257 g/mol. The Labute approximate surface area is 103 Å². The zero-order valence-corrected chi connectivity index (χ0v) is 10.9. The maximum absolute atomic E-state index is 11.4. The molecular formula is C11H15NO2S2. The third-order valence-corrected chi connectivity index (χ3v) is 4.54. The molecule has 0 aliphatic heterocycles. The van der Waals surface area contributed by atoms with Gasteiger partial charge in [0.15, 0.2) is 0 Å². The summed E-state index contributed by atoms with van der Waals surface area (Å²) in [6.45, 7) is 3.61. The molecular weight excluding hydrogens is 242 g/mol. The summed E-state index contributed by atoms with van der Waals surface area (Å²) in [5.74, 6) is 0.947. The van der Waals surface area contributed by atoms with Gasteiger partial charge in [0.25, 0.3) is 0 Å². The third-order valence-electron chi connectivity index (χ3n) is 1.94. The van der Waals surface area contributed by atoms with Gasteiger partial charge in [0.05, 0.1) is 4.90 Å². The van der Waals surface area contributed by atoms with Crippen LogP contribution in [-0.4, -0.2) is 17.8 Å². The molecule has 0 saturated heterocycles. The maximum Gasteiger partial charge on any atom is 0.328 e. The van der Waals surface area contributed by atoms with Crippen LogP contribution in [0, 0.1) is 0 Å². The lowest BCUT2D eigenvalue weighted by atomic mass is 10.3. The highest BCUT2D eigenvalue weighted by atomic mass is 32.8. The first-order chi connectivity index (χ1) is 7.56. The fourth-order valence-corrected chi connectivity index (χ4v) is 2.37. The van der Waals surface area contributed by atoms with Crippen LogP contribution in [0.3, 0.4) is 0 Å². The first-order valence-corrected chi connectivity index (χ1v) is 7.32. The normalized spacial score (nSPS) is 14.2. The van der Waals surface area contributed by atoms with E-state index in [0.29, 0.717) is 5.75 Å². The summed E-state index contributed by atoms with van der Waals surface area (Å²) in [5.41, 5.74) is 5.44. The fraction of sp³-hybridized carbons (Fsp3) is 0.364. The molecule has 88 valence electrons. The second kappa shape index (κ2) is 6.08. The van der Waals surface area contributed by atoms with Gasteiger partial charge >= 0.3 is 5.97 Å². The van der Waals surface area contributed by atoms with Crippen LogP contribution in [0.15, 0.2) is 29.2 Å². The number of esters is 1. The van der Waals surface area contributed by atoms with Crippen molar-refractivity contribution in [3.8, 4) is 5.75 Å². The van der Waals surface area contributed by atoms with E-state index < -0.39 is 12.0 Å². The zero-order chi connectivity index (χ0) is 12.1. The van der Waals surface area contributed by atoms with Crippen molar-refractivity contribution < 1.29 is 9.53 Å². The van der Waals surface area contributed by atoms with E-state index in [1.165, 1.54) is 0 Å². The molecule has 0 heterocycles. The number of ether oxygens (including phenoxy) is 1. The van der Waals surface area contributed by atoms with Gasteiger partial charge in [0, 0.05) is 0 Å². The minimum Gasteiger partial charge on any atom is -0.424 e. The Hall–Kier alpha value is -0.780. The van der Waals surface area contributed by atoms with Gasteiger partial charge in [-0.25, -0.2) is 4.79 Å². The largest absolute Gasteiger partial charge is 0.424 e. The second-order valence-corrected chi connectivity index (χ2v) is 6.21. The molecule has 5 heteroatoms. The van der Waals surface area contributed by atoms with Crippen LogP contribution in [0.5, 0.6) is 5.75 Å². The lowest BCUT2D eigenvalue weighted by Crippen LogP contribution is -2.31. The Balaban J connectivity index is 2.95. The molecule has 0 amide bonds. The van der Waals surface area contributed by atoms with E-state index in [4.69, 9.17) is 21.7 Å². The molecule has 0 saturated carbocycles. The summed E-state index contributed by atoms with van der Waals surface area (Å²) in [7, 11) is -0.316. The lowest BCUT2D eigenvalue weighted by Gasteiger charge is -2.11. The van der Waals surface area contributed by atoms with Crippen molar-refractivity contribution in [1.29, 1.82) is 0 Å². The molecule has 1 rings (SSSR count). The molecule has 0 bridgehead atoms. The van der Waals surface area contributed by atoms with Crippen molar-refractivity contribution in [2.75, 3.05) is 5.75 Å². The first-order valence-electron chi connectivity index (χ1n) is 5.01. The molecule has 1 aromatic rings. The number of benzene rings is 1. The summed E-state index contributed by atoms with van der Waals surface area (Å²) in [6.07, 6.45) is 0. The summed E-state index contributed by atoms with van der Waals surface area (Å²) >= 11 is 5.32. The Morgan fingerprint density at radius 2 is 2.19 bits per heavy atom. The van der Waals surface area contributed by atoms with Crippen molar-refractivity contribution in [2.45, 2.75) is 24.8 Å². The predicted octanol–water partition coefficient (Wildman–Crippen LogP) is 1.40. The minimum absolute atomic E-state index is 0.316. The number of para-hydroxylation sites is 1. The molecule has 1 aromatic carbocycles. The maximum atomic E-state index is 11.4. The van der Waals surface area contributed by atoms with Gasteiger partial charge in [-0.1, -0.05) is 28.5 Å². The van der Waals surface area contributed by atoms with Crippen LogP contribution >= 0.6 is 0 Å².